The number of hydrogen-bond acceptors (Lipinski definition) is 5. The number of aromatic nitrogens is 2. The molecule has 1 amide bonds. The molecule has 2 aromatic heterocycles. The molecule has 4 rings (SSSR count). The Morgan fingerprint density at radius 2 is 1.91 bits per heavy atom. The maximum absolute atomic E-state index is 12.6. The van der Waals surface area contributed by atoms with Crippen LogP contribution >= 0.6 is 0 Å². The zero-order valence-corrected chi connectivity index (χ0v) is 19.4. The molecule has 3 aromatic rings. The second-order valence-corrected chi connectivity index (χ2v) is 9.20. The smallest absolute Gasteiger partial charge is 0.410 e. The molecule has 0 bridgehead atoms. The summed E-state index contributed by atoms with van der Waals surface area (Å²) < 4.78 is 16.4. The van der Waals surface area contributed by atoms with E-state index in [1.54, 1.807) is 14.2 Å². The lowest BCUT2D eigenvalue weighted by molar-refractivity contribution is 0.0198. The molecule has 1 N–H and O–H groups in total. The van der Waals surface area contributed by atoms with Crippen molar-refractivity contribution in [3.63, 3.8) is 0 Å². The number of amides is 1. The summed E-state index contributed by atoms with van der Waals surface area (Å²) in [6, 6.07) is 8.01. The molecule has 7 nitrogen and oxygen atoms in total. The standard InChI is InChI=1S/C25H31N3O4/c1-25(2,3)32-24(29)28-10-6-7-17(15-28)20-14-27-23-19(20)11-18(13-26-23)16-8-9-21(30-4)22(12-16)31-5/h8-9,11-14,17H,6-7,10,15H2,1-5H3,(H,26,27). The molecule has 1 aliphatic heterocycles. The van der Waals surface area contributed by atoms with E-state index in [1.807, 2.05) is 56.3 Å². The average Bonchev–Trinajstić information content (AvgIpc) is 3.21. The Balaban J connectivity index is 1.62. The molecule has 0 saturated carbocycles. The number of fused-ring (bicyclic) bond motifs is 1. The second-order valence-electron chi connectivity index (χ2n) is 9.20. The van der Waals surface area contributed by atoms with Gasteiger partial charge in [0.25, 0.3) is 0 Å². The van der Waals surface area contributed by atoms with E-state index in [2.05, 4.69) is 16.0 Å². The second kappa shape index (κ2) is 8.73. The largest absolute Gasteiger partial charge is 0.493 e. The summed E-state index contributed by atoms with van der Waals surface area (Å²) in [5, 5.41) is 1.08. The van der Waals surface area contributed by atoms with E-state index < -0.39 is 5.60 Å². The Labute approximate surface area is 188 Å². The summed E-state index contributed by atoms with van der Waals surface area (Å²) in [7, 11) is 3.26. The third kappa shape index (κ3) is 4.52. The number of likely N-dealkylation sites (tertiary alicyclic amines) is 1. The van der Waals surface area contributed by atoms with Crippen molar-refractivity contribution in [1.29, 1.82) is 0 Å². The van der Waals surface area contributed by atoms with Crippen LogP contribution in [0.4, 0.5) is 4.79 Å². The molecule has 1 aliphatic rings. The van der Waals surface area contributed by atoms with E-state index in [0.717, 1.165) is 41.5 Å². The van der Waals surface area contributed by atoms with Crippen molar-refractivity contribution in [3.05, 3.63) is 42.2 Å². The molecule has 170 valence electrons. The number of benzene rings is 1. The number of piperidine rings is 1. The van der Waals surface area contributed by atoms with Crippen molar-refractivity contribution in [1.82, 2.24) is 14.9 Å². The normalized spacial score (nSPS) is 16.8. The number of nitrogens with zero attached hydrogens (tertiary/aromatic N) is 2. The maximum atomic E-state index is 12.6. The lowest BCUT2D eigenvalue weighted by atomic mass is 9.90. The molecule has 1 atom stereocenters. The number of hydrogen-bond donors (Lipinski definition) is 1. The van der Waals surface area contributed by atoms with Gasteiger partial charge in [-0.1, -0.05) is 6.07 Å². The van der Waals surface area contributed by atoms with Gasteiger partial charge in [-0.2, -0.15) is 0 Å². The molecule has 0 aliphatic carbocycles. The van der Waals surface area contributed by atoms with Crippen LogP contribution < -0.4 is 9.47 Å². The fourth-order valence-corrected chi connectivity index (χ4v) is 4.26. The van der Waals surface area contributed by atoms with E-state index in [-0.39, 0.29) is 12.0 Å². The molecule has 0 spiro atoms. The summed E-state index contributed by atoms with van der Waals surface area (Å²) in [5.74, 6) is 1.60. The highest BCUT2D eigenvalue weighted by atomic mass is 16.6. The van der Waals surface area contributed by atoms with Crippen molar-refractivity contribution in [2.24, 2.45) is 0 Å². The highest BCUT2D eigenvalue weighted by Gasteiger charge is 2.29. The van der Waals surface area contributed by atoms with Gasteiger partial charge in [0.05, 0.1) is 14.2 Å². The molecule has 32 heavy (non-hydrogen) atoms. The number of pyridine rings is 1. The van der Waals surface area contributed by atoms with Gasteiger partial charge in [-0.15, -0.1) is 0 Å². The number of carbonyl (C=O) groups excluding carboxylic acids is 1. The van der Waals surface area contributed by atoms with Crippen LogP contribution in [0.5, 0.6) is 11.5 Å². The van der Waals surface area contributed by atoms with Gasteiger partial charge >= 0.3 is 6.09 Å². The van der Waals surface area contributed by atoms with Gasteiger partial charge in [-0.25, -0.2) is 9.78 Å². The zero-order valence-electron chi connectivity index (χ0n) is 19.4. The highest BCUT2D eigenvalue weighted by Crippen LogP contribution is 2.36. The van der Waals surface area contributed by atoms with Crippen LogP contribution in [0, 0.1) is 0 Å². The Hall–Kier alpha value is -3.22. The highest BCUT2D eigenvalue weighted by molar-refractivity contribution is 5.85. The van der Waals surface area contributed by atoms with Crippen molar-refractivity contribution in [2.75, 3.05) is 27.3 Å². The lowest BCUT2D eigenvalue weighted by Crippen LogP contribution is -2.42. The number of methoxy groups -OCH3 is 2. The minimum absolute atomic E-state index is 0.229. The molecular weight excluding hydrogens is 406 g/mol. The van der Waals surface area contributed by atoms with E-state index >= 15 is 0 Å². The van der Waals surface area contributed by atoms with Gasteiger partial charge in [0.15, 0.2) is 11.5 Å². The Morgan fingerprint density at radius 1 is 1.12 bits per heavy atom. The minimum atomic E-state index is -0.497. The van der Waals surface area contributed by atoms with E-state index in [4.69, 9.17) is 14.2 Å². The summed E-state index contributed by atoms with van der Waals surface area (Å²) in [6.45, 7) is 7.05. The number of nitrogens with one attached hydrogen (secondary N) is 1. The summed E-state index contributed by atoms with van der Waals surface area (Å²) >= 11 is 0. The number of aromatic amines is 1. The van der Waals surface area contributed by atoms with Crippen LogP contribution in [0.15, 0.2) is 36.7 Å². The third-order valence-corrected chi connectivity index (χ3v) is 5.79. The Kier molecular flexibility index (Phi) is 6.00. The minimum Gasteiger partial charge on any atom is -0.493 e. The van der Waals surface area contributed by atoms with Crippen molar-refractivity contribution >= 4 is 17.1 Å². The Bertz CT molecular complexity index is 1120. The molecule has 1 saturated heterocycles. The molecule has 1 unspecified atom stereocenters. The van der Waals surface area contributed by atoms with E-state index in [0.29, 0.717) is 18.0 Å². The number of H-pyrrole nitrogens is 1. The van der Waals surface area contributed by atoms with Gasteiger partial charge in [0.1, 0.15) is 11.2 Å². The SMILES string of the molecule is COc1ccc(-c2cnc3[nH]cc(C4CCCN(C(=O)OC(C)(C)C)C4)c3c2)cc1OC. The third-order valence-electron chi connectivity index (χ3n) is 5.79. The predicted molar refractivity (Wildman–Crippen MR) is 124 cm³/mol. The molecule has 3 heterocycles. The van der Waals surface area contributed by atoms with E-state index in [1.165, 1.54) is 5.56 Å². The van der Waals surface area contributed by atoms with Crippen molar-refractivity contribution in [2.45, 2.75) is 45.1 Å². The van der Waals surface area contributed by atoms with Crippen LogP contribution in [0.3, 0.4) is 0 Å². The fourth-order valence-electron chi connectivity index (χ4n) is 4.26. The van der Waals surface area contributed by atoms with Crippen LogP contribution in [-0.4, -0.2) is 53.9 Å². The Morgan fingerprint density at radius 3 is 2.62 bits per heavy atom. The molecular formula is C25H31N3O4. The summed E-state index contributed by atoms with van der Waals surface area (Å²) in [6.07, 6.45) is 5.61. The van der Waals surface area contributed by atoms with Crippen LogP contribution in [0.25, 0.3) is 22.2 Å². The topological polar surface area (TPSA) is 76.7 Å². The van der Waals surface area contributed by atoms with Gasteiger partial charge in [0, 0.05) is 42.4 Å². The first-order valence-corrected chi connectivity index (χ1v) is 11.0. The first-order chi connectivity index (χ1) is 15.3. The monoisotopic (exact) mass is 437 g/mol. The number of ether oxygens (including phenoxy) is 3. The number of rotatable bonds is 4. The van der Waals surface area contributed by atoms with Gasteiger partial charge in [-0.05, 0) is 62.9 Å². The van der Waals surface area contributed by atoms with Crippen LogP contribution in [0.2, 0.25) is 0 Å². The van der Waals surface area contributed by atoms with Gasteiger partial charge in [0.2, 0.25) is 0 Å². The average molecular weight is 438 g/mol. The number of carbonyl (C=O) groups is 1. The molecule has 1 aromatic carbocycles. The molecule has 1 fully saturated rings. The van der Waals surface area contributed by atoms with Crippen molar-refractivity contribution < 1.29 is 19.0 Å². The van der Waals surface area contributed by atoms with Crippen LogP contribution in [-0.2, 0) is 4.74 Å². The predicted octanol–water partition coefficient (Wildman–Crippen LogP) is 5.36. The summed E-state index contributed by atoms with van der Waals surface area (Å²) in [5.41, 5.74) is 3.53. The van der Waals surface area contributed by atoms with Crippen LogP contribution in [0.1, 0.15) is 45.1 Å². The van der Waals surface area contributed by atoms with Gasteiger partial charge < -0.3 is 24.1 Å². The first kappa shape index (κ1) is 22.0. The lowest BCUT2D eigenvalue weighted by Gasteiger charge is -2.34. The van der Waals surface area contributed by atoms with Gasteiger partial charge in [-0.3, -0.25) is 0 Å². The molecule has 0 radical (unpaired) electrons. The quantitative estimate of drug-likeness (QED) is 0.594. The van der Waals surface area contributed by atoms with Crippen molar-refractivity contribution in [3.8, 4) is 22.6 Å². The molecule has 7 heteroatoms. The zero-order chi connectivity index (χ0) is 22.9. The maximum Gasteiger partial charge on any atom is 0.410 e. The van der Waals surface area contributed by atoms with E-state index in [9.17, 15) is 4.79 Å². The first-order valence-electron chi connectivity index (χ1n) is 11.0. The fraction of sp³-hybridized carbons (Fsp3) is 0.440. The summed E-state index contributed by atoms with van der Waals surface area (Å²) in [4.78, 5) is 22.4.